The first-order valence-corrected chi connectivity index (χ1v) is 12.2. The third-order valence-electron chi connectivity index (χ3n) is 6.31. The van der Waals surface area contributed by atoms with E-state index in [-0.39, 0.29) is 5.91 Å². The fourth-order valence-corrected chi connectivity index (χ4v) is 5.14. The quantitative estimate of drug-likeness (QED) is 0.591. The second kappa shape index (κ2) is 8.98. The van der Waals surface area contributed by atoms with E-state index in [1.54, 1.807) is 7.11 Å². The van der Waals surface area contributed by atoms with Crippen LogP contribution in [-0.2, 0) is 4.74 Å². The van der Waals surface area contributed by atoms with Crippen molar-refractivity contribution in [3.8, 4) is 10.4 Å². The van der Waals surface area contributed by atoms with Crippen LogP contribution in [0.25, 0.3) is 10.4 Å². The van der Waals surface area contributed by atoms with Gasteiger partial charge < -0.3 is 15.4 Å². The van der Waals surface area contributed by atoms with E-state index in [0.717, 1.165) is 46.0 Å². The second-order valence-electron chi connectivity index (χ2n) is 8.87. The van der Waals surface area contributed by atoms with Crippen LogP contribution in [0.4, 0.5) is 5.13 Å². The van der Waals surface area contributed by atoms with Crippen molar-refractivity contribution in [2.45, 2.75) is 32.6 Å². The maximum Gasteiger partial charge on any atom is 0.274 e. The zero-order chi connectivity index (χ0) is 22.9. The molecule has 0 spiro atoms. The van der Waals surface area contributed by atoms with Crippen LogP contribution in [0.1, 0.15) is 41.7 Å². The van der Waals surface area contributed by atoms with Crippen LogP contribution in [0.15, 0.2) is 64.5 Å². The Morgan fingerprint density at radius 2 is 2.15 bits per heavy atom. The molecule has 2 N–H and O–H groups in total. The predicted octanol–water partition coefficient (Wildman–Crippen LogP) is 5.14. The highest BCUT2D eigenvalue weighted by Gasteiger charge is 2.31. The molecule has 0 radical (unpaired) electrons. The first-order valence-electron chi connectivity index (χ1n) is 11.4. The van der Waals surface area contributed by atoms with E-state index in [4.69, 9.17) is 10.5 Å². The third kappa shape index (κ3) is 4.64. The van der Waals surface area contributed by atoms with Crippen molar-refractivity contribution in [1.82, 2.24) is 9.88 Å². The molecule has 1 amide bonds. The molecule has 0 saturated heterocycles. The molecule has 0 unspecified atom stereocenters. The minimum Gasteiger partial charge on any atom is -0.501 e. The van der Waals surface area contributed by atoms with Crippen molar-refractivity contribution in [2.24, 2.45) is 10.9 Å². The monoisotopic (exact) mass is 460 g/mol. The Hall–Kier alpha value is -3.19. The zero-order valence-corrected chi connectivity index (χ0v) is 19.8. The first kappa shape index (κ1) is 21.6. The van der Waals surface area contributed by atoms with E-state index in [1.165, 1.54) is 29.8 Å². The summed E-state index contributed by atoms with van der Waals surface area (Å²) in [7, 11) is 1.69. The number of nitrogens with zero attached hydrogens (tertiary/aromatic N) is 3. The van der Waals surface area contributed by atoms with Gasteiger partial charge in [0.1, 0.15) is 11.5 Å². The Labute approximate surface area is 198 Å². The number of aryl methyl sites for hydroxylation is 1. The van der Waals surface area contributed by atoms with Gasteiger partial charge in [0.05, 0.1) is 17.7 Å². The van der Waals surface area contributed by atoms with Gasteiger partial charge >= 0.3 is 0 Å². The summed E-state index contributed by atoms with van der Waals surface area (Å²) in [6.45, 7) is 3.44. The number of fused-ring (bicyclic) bond motifs is 1. The lowest BCUT2D eigenvalue weighted by Crippen LogP contribution is -2.34. The Morgan fingerprint density at radius 3 is 2.91 bits per heavy atom. The van der Waals surface area contributed by atoms with Crippen molar-refractivity contribution in [2.75, 3.05) is 25.9 Å². The minimum absolute atomic E-state index is 0.0368. The summed E-state index contributed by atoms with van der Waals surface area (Å²) in [6, 6.07) is 8.14. The number of hydrogen-bond donors (Lipinski definition) is 1. The lowest BCUT2D eigenvalue weighted by molar-refractivity contribution is 0.0745. The molecule has 0 bridgehead atoms. The maximum atomic E-state index is 13.7. The fourth-order valence-electron chi connectivity index (χ4n) is 4.32. The highest BCUT2D eigenvalue weighted by Crippen LogP contribution is 2.36. The minimum atomic E-state index is -0.0368. The summed E-state index contributed by atoms with van der Waals surface area (Å²) in [5, 5.41) is 0.422. The second-order valence-corrected chi connectivity index (χ2v) is 9.90. The van der Waals surface area contributed by atoms with Gasteiger partial charge in [-0.2, -0.15) is 0 Å². The lowest BCUT2D eigenvalue weighted by Gasteiger charge is -2.23. The number of nitrogens with two attached hydrogens (primary N) is 1. The first-order chi connectivity index (χ1) is 16.0. The number of amides is 1. The molecule has 170 valence electrons. The van der Waals surface area contributed by atoms with Gasteiger partial charge in [-0.15, -0.1) is 0 Å². The Bertz CT molecular complexity index is 1220. The normalized spacial score (nSPS) is 17.0. The molecule has 1 fully saturated rings. The molecule has 3 aliphatic rings. The van der Waals surface area contributed by atoms with E-state index >= 15 is 0 Å². The highest BCUT2D eigenvalue weighted by molar-refractivity contribution is 7.19. The molecule has 1 aliphatic heterocycles. The summed E-state index contributed by atoms with van der Waals surface area (Å²) >= 11 is 1.38. The number of allylic oxidation sites excluding steroid dienone is 4. The number of nitrogen functional groups attached to an aromatic ring is 1. The van der Waals surface area contributed by atoms with Gasteiger partial charge in [0.15, 0.2) is 5.13 Å². The number of thiazole rings is 1. The largest absolute Gasteiger partial charge is 0.501 e. The molecular formula is C26H28N4O2S. The maximum absolute atomic E-state index is 13.7. The van der Waals surface area contributed by atoms with E-state index in [9.17, 15) is 4.79 Å². The van der Waals surface area contributed by atoms with Crippen LogP contribution in [-0.4, -0.2) is 41.7 Å². The van der Waals surface area contributed by atoms with Crippen LogP contribution >= 0.6 is 11.3 Å². The summed E-state index contributed by atoms with van der Waals surface area (Å²) in [5.41, 5.74) is 12.0. The van der Waals surface area contributed by atoms with E-state index in [1.807, 2.05) is 42.3 Å². The van der Waals surface area contributed by atoms with Gasteiger partial charge in [0, 0.05) is 31.3 Å². The Morgan fingerprint density at radius 1 is 1.30 bits per heavy atom. The molecule has 5 rings (SSSR count). The molecule has 33 heavy (non-hydrogen) atoms. The fraction of sp³-hybridized carbons (Fsp3) is 0.346. The summed E-state index contributed by atoms with van der Waals surface area (Å²) in [6.07, 6.45) is 9.85. The average Bonchev–Trinajstić information content (AvgIpc) is 3.42. The Balaban J connectivity index is 1.36. The van der Waals surface area contributed by atoms with Crippen molar-refractivity contribution in [3.05, 3.63) is 70.8 Å². The number of carbonyl (C=O) groups is 1. The van der Waals surface area contributed by atoms with Crippen molar-refractivity contribution in [1.29, 1.82) is 0 Å². The average molecular weight is 461 g/mol. The number of rotatable bonds is 8. The highest BCUT2D eigenvalue weighted by atomic mass is 32.1. The number of hydrogen-bond acceptors (Lipinski definition) is 6. The van der Waals surface area contributed by atoms with Crippen molar-refractivity contribution in [3.63, 3.8) is 0 Å². The van der Waals surface area contributed by atoms with Crippen LogP contribution in [0.2, 0.25) is 0 Å². The number of ether oxygens (including phenoxy) is 1. The topological polar surface area (TPSA) is 80.8 Å². The molecule has 1 saturated carbocycles. The van der Waals surface area contributed by atoms with Crippen LogP contribution < -0.4 is 5.73 Å². The number of methoxy groups -OCH3 is 1. The van der Waals surface area contributed by atoms with Crippen molar-refractivity contribution >= 4 is 28.1 Å². The SMILES string of the molecule is COC1=CC=C2C(CCN(CC3CC3)C(=O)c3nc(N)sc3-c3cccc(C)c3)=CN=C2C1. The van der Waals surface area contributed by atoms with Crippen molar-refractivity contribution < 1.29 is 9.53 Å². The number of anilines is 1. The molecule has 6 nitrogen and oxygen atoms in total. The third-order valence-corrected chi connectivity index (χ3v) is 7.25. The van der Waals surface area contributed by atoms with E-state index in [0.29, 0.717) is 29.7 Å². The summed E-state index contributed by atoms with van der Waals surface area (Å²) < 4.78 is 5.36. The molecule has 2 aromatic rings. The number of aliphatic imine (C=N–C) groups is 1. The smallest absolute Gasteiger partial charge is 0.274 e. The van der Waals surface area contributed by atoms with E-state index in [2.05, 4.69) is 22.1 Å². The number of benzene rings is 1. The number of aromatic nitrogens is 1. The van der Waals surface area contributed by atoms with Gasteiger partial charge in [0.25, 0.3) is 5.91 Å². The zero-order valence-electron chi connectivity index (χ0n) is 19.0. The molecule has 7 heteroatoms. The van der Waals surface area contributed by atoms with Gasteiger partial charge in [0.2, 0.25) is 0 Å². The molecule has 2 aliphatic carbocycles. The van der Waals surface area contributed by atoms with Gasteiger partial charge in [-0.3, -0.25) is 9.79 Å². The Kier molecular flexibility index (Phi) is 5.89. The lowest BCUT2D eigenvalue weighted by atomic mass is 9.95. The predicted molar refractivity (Wildman–Crippen MR) is 133 cm³/mol. The van der Waals surface area contributed by atoms with E-state index < -0.39 is 0 Å². The molecular weight excluding hydrogens is 432 g/mol. The van der Waals surface area contributed by atoms with Gasteiger partial charge in [-0.25, -0.2) is 4.98 Å². The summed E-state index contributed by atoms with van der Waals surface area (Å²) in [4.78, 5) is 25.6. The summed E-state index contributed by atoms with van der Waals surface area (Å²) in [5.74, 6) is 1.46. The van der Waals surface area contributed by atoms with Crippen LogP contribution in [0.3, 0.4) is 0 Å². The van der Waals surface area contributed by atoms with Gasteiger partial charge in [-0.05, 0) is 55.4 Å². The molecule has 2 heterocycles. The molecule has 1 aromatic carbocycles. The van der Waals surface area contributed by atoms with Gasteiger partial charge in [-0.1, -0.05) is 41.2 Å². The molecule has 0 atom stereocenters. The van der Waals surface area contributed by atoms with Crippen LogP contribution in [0.5, 0.6) is 0 Å². The number of carbonyl (C=O) groups excluding carboxylic acids is 1. The standard InChI is InChI=1S/C26H28N4O2S/c1-16-4-3-5-18(12-16)24-23(29-26(27)33-24)25(31)30(15-17-6-7-17)11-10-19-14-28-22-13-20(32-2)8-9-21(19)22/h3-5,8-9,12,14,17H,6-7,10-11,13,15H2,1-2H3,(H2,27,29). The van der Waals surface area contributed by atoms with Crippen LogP contribution in [0, 0.1) is 12.8 Å². The molecule has 1 aromatic heterocycles.